The SMILES string of the molecule is CC(C)(C)C(=O)N1CCC(NC(=O)C(F)(F)F)CC1. The lowest BCUT2D eigenvalue weighted by molar-refractivity contribution is -0.174. The van der Waals surface area contributed by atoms with E-state index in [0.29, 0.717) is 25.9 Å². The van der Waals surface area contributed by atoms with Crippen molar-refractivity contribution in [3.05, 3.63) is 0 Å². The van der Waals surface area contributed by atoms with Crippen LogP contribution in [0.3, 0.4) is 0 Å². The van der Waals surface area contributed by atoms with Gasteiger partial charge in [0.2, 0.25) is 5.91 Å². The number of likely N-dealkylation sites (tertiary alicyclic amines) is 1. The summed E-state index contributed by atoms with van der Waals surface area (Å²) in [6.07, 6.45) is -4.15. The van der Waals surface area contributed by atoms with Crippen molar-refractivity contribution >= 4 is 11.8 Å². The van der Waals surface area contributed by atoms with E-state index in [1.54, 1.807) is 25.7 Å². The summed E-state index contributed by atoms with van der Waals surface area (Å²) < 4.78 is 36.3. The van der Waals surface area contributed by atoms with Crippen LogP contribution in [0.1, 0.15) is 33.6 Å². The fourth-order valence-electron chi connectivity index (χ4n) is 1.97. The number of nitrogens with zero attached hydrogens (tertiary/aromatic N) is 1. The molecule has 0 unspecified atom stereocenters. The quantitative estimate of drug-likeness (QED) is 0.795. The predicted octanol–water partition coefficient (Wildman–Crippen LogP) is 1.70. The number of amides is 2. The van der Waals surface area contributed by atoms with Crippen molar-refractivity contribution in [2.45, 2.75) is 45.8 Å². The second-order valence-corrected chi connectivity index (χ2v) is 5.79. The number of halogens is 3. The minimum absolute atomic E-state index is 0.0203. The van der Waals surface area contributed by atoms with Crippen LogP contribution in [0.2, 0.25) is 0 Å². The third-order valence-corrected chi connectivity index (χ3v) is 3.02. The first-order valence-electron chi connectivity index (χ1n) is 6.19. The molecule has 1 N–H and O–H groups in total. The lowest BCUT2D eigenvalue weighted by atomic mass is 9.93. The average Bonchev–Trinajstić information content (AvgIpc) is 2.26. The van der Waals surface area contributed by atoms with Crippen LogP contribution in [-0.4, -0.2) is 42.0 Å². The van der Waals surface area contributed by atoms with Crippen molar-refractivity contribution in [1.29, 1.82) is 0 Å². The van der Waals surface area contributed by atoms with Crippen LogP contribution >= 0.6 is 0 Å². The zero-order chi connectivity index (χ0) is 14.8. The van der Waals surface area contributed by atoms with Gasteiger partial charge in [-0.15, -0.1) is 0 Å². The molecule has 2 amide bonds. The smallest absolute Gasteiger partial charge is 0.345 e. The molecule has 0 radical (unpaired) electrons. The molecular weight excluding hydrogens is 261 g/mol. The molecule has 1 heterocycles. The van der Waals surface area contributed by atoms with Crippen LogP contribution in [0.15, 0.2) is 0 Å². The molecule has 1 rings (SSSR count). The Kier molecular flexibility index (Phi) is 4.47. The first-order chi connectivity index (χ1) is 8.51. The van der Waals surface area contributed by atoms with Crippen molar-refractivity contribution < 1.29 is 22.8 Å². The molecule has 0 aromatic carbocycles. The van der Waals surface area contributed by atoms with Gasteiger partial charge in [-0.05, 0) is 12.8 Å². The van der Waals surface area contributed by atoms with Crippen molar-refractivity contribution in [3.8, 4) is 0 Å². The fourth-order valence-corrected chi connectivity index (χ4v) is 1.97. The molecule has 0 aromatic heterocycles. The Hall–Kier alpha value is -1.27. The second-order valence-electron chi connectivity index (χ2n) is 5.79. The summed E-state index contributed by atoms with van der Waals surface area (Å²) in [5.74, 6) is -1.93. The van der Waals surface area contributed by atoms with Crippen LogP contribution in [0.4, 0.5) is 13.2 Å². The summed E-state index contributed by atoms with van der Waals surface area (Å²) in [6.45, 7) is 6.14. The van der Waals surface area contributed by atoms with Crippen LogP contribution in [0.5, 0.6) is 0 Å². The molecule has 1 saturated heterocycles. The van der Waals surface area contributed by atoms with Gasteiger partial charge >= 0.3 is 12.1 Å². The lowest BCUT2D eigenvalue weighted by Crippen LogP contribution is -2.51. The maximum absolute atomic E-state index is 12.1. The van der Waals surface area contributed by atoms with Gasteiger partial charge in [-0.25, -0.2) is 0 Å². The number of nitrogens with one attached hydrogen (secondary N) is 1. The Labute approximate surface area is 110 Å². The summed E-state index contributed by atoms with van der Waals surface area (Å²) in [4.78, 5) is 24.4. The summed E-state index contributed by atoms with van der Waals surface area (Å²) in [7, 11) is 0. The molecule has 1 aliphatic rings. The van der Waals surface area contributed by atoms with Crippen LogP contribution in [0, 0.1) is 5.41 Å². The molecule has 1 fully saturated rings. The number of piperidine rings is 1. The number of rotatable bonds is 1. The molecule has 7 heteroatoms. The van der Waals surface area contributed by atoms with Crippen LogP contribution in [-0.2, 0) is 9.59 Å². The van der Waals surface area contributed by atoms with Gasteiger partial charge in [-0.3, -0.25) is 9.59 Å². The number of carbonyl (C=O) groups is 2. The van der Waals surface area contributed by atoms with E-state index in [4.69, 9.17) is 0 Å². The van der Waals surface area contributed by atoms with Crippen molar-refractivity contribution in [2.75, 3.05) is 13.1 Å². The van der Waals surface area contributed by atoms with E-state index in [1.165, 1.54) is 0 Å². The van der Waals surface area contributed by atoms with Gasteiger partial charge in [0, 0.05) is 24.5 Å². The molecule has 4 nitrogen and oxygen atoms in total. The van der Waals surface area contributed by atoms with E-state index < -0.39 is 23.5 Å². The molecule has 19 heavy (non-hydrogen) atoms. The van der Waals surface area contributed by atoms with Crippen LogP contribution in [0.25, 0.3) is 0 Å². The Bertz CT molecular complexity index is 353. The normalized spacial score (nSPS) is 18.3. The monoisotopic (exact) mass is 280 g/mol. The van der Waals surface area contributed by atoms with Crippen molar-refractivity contribution in [3.63, 3.8) is 0 Å². The fraction of sp³-hybridized carbons (Fsp3) is 0.833. The Morgan fingerprint density at radius 3 is 1.95 bits per heavy atom. The Balaban J connectivity index is 2.46. The van der Waals surface area contributed by atoms with Crippen molar-refractivity contribution in [1.82, 2.24) is 10.2 Å². The molecular formula is C12H19F3N2O2. The first kappa shape index (κ1) is 15.8. The summed E-state index contributed by atoms with van der Waals surface area (Å²) in [6, 6.07) is -0.516. The Morgan fingerprint density at radius 1 is 1.11 bits per heavy atom. The number of carbonyl (C=O) groups excluding carboxylic acids is 2. The van der Waals surface area contributed by atoms with Gasteiger partial charge in [-0.1, -0.05) is 20.8 Å². The van der Waals surface area contributed by atoms with E-state index in [-0.39, 0.29) is 5.91 Å². The number of alkyl halides is 3. The first-order valence-corrected chi connectivity index (χ1v) is 6.19. The molecule has 0 atom stereocenters. The average molecular weight is 280 g/mol. The van der Waals surface area contributed by atoms with Gasteiger partial charge in [0.1, 0.15) is 0 Å². The second kappa shape index (κ2) is 5.38. The standard InChI is InChI=1S/C12H19F3N2O2/c1-11(2,3)10(19)17-6-4-8(5-7-17)16-9(18)12(13,14)15/h8H,4-7H2,1-3H3,(H,16,18). The van der Waals surface area contributed by atoms with E-state index >= 15 is 0 Å². The molecule has 0 spiro atoms. The maximum Gasteiger partial charge on any atom is 0.471 e. The van der Waals surface area contributed by atoms with Gasteiger partial charge in [0.05, 0.1) is 0 Å². The molecule has 0 aliphatic carbocycles. The molecule has 110 valence electrons. The maximum atomic E-state index is 12.1. The minimum atomic E-state index is -4.85. The summed E-state index contributed by atoms with van der Waals surface area (Å²) in [5, 5.41) is 1.96. The largest absolute Gasteiger partial charge is 0.471 e. The molecule has 0 bridgehead atoms. The summed E-state index contributed by atoms with van der Waals surface area (Å²) in [5.41, 5.74) is -0.498. The predicted molar refractivity (Wildman–Crippen MR) is 63.3 cm³/mol. The third-order valence-electron chi connectivity index (χ3n) is 3.02. The molecule has 0 aromatic rings. The van der Waals surface area contributed by atoms with Crippen LogP contribution < -0.4 is 5.32 Å². The number of hydrogen-bond acceptors (Lipinski definition) is 2. The van der Waals surface area contributed by atoms with Gasteiger partial charge in [0.25, 0.3) is 0 Å². The van der Waals surface area contributed by atoms with E-state index in [0.717, 1.165) is 0 Å². The molecule has 0 saturated carbocycles. The highest BCUT2D eigenvalue weighted by molar-refractivity contribution is 5.82. The molecule has 1 aliphatic heterocycles. The zero-order valence-corrected chi connectivity index (χ0v) is 11.3. The van der Waals surface area contributed by atoms with Crippen molar-refractivity contribution in [2.24, 2.45) is 5.41 Å². The zero-order valence-electron chi connectivity index (χ0n) is 11.3. The topological polar surface area (TPSA) is 49.4 Å². The highest BCUT2D eigenvalue weighted by Crippen LogP contribution is 2.22. The third kappa shape index (κ3) is 4.40. The van der Waals surface area contributed by atoms with Gasteiger partial charge in [0.15, 0.2) is 0 Å². The van der Waals surface area contributed by atoms with E-state index in [1.807, 2.05) is 5.32 Å². The Morgan fingerprint density at radius 2 is 1.58 bits per heavy atom. The number of hydrogen-bond donors (Lipinski definition) is 1. The van der Waals surface area contributed by atoms with E-state index in [9.17, 15) is 22.8 Å². The van der Waals surface area contributed by atoms with Gasteiger partial charge < -0.3 is 10.2 Å². The highest BCUT2D eigenvalue weighted by atomic mass is 19.4. The lowest BCUT2D eigenvalue weighted by Gasteiger charge is -2.36. The highest BCUT2D eigenvalue weighted by Gasteiger charge is 2.40. The van der Waals surface area contributed by atoms with E-state index in [2.05, 4.69) is 0 Å². The van der Waals surface area contributed by atoms with Gasteiger partial charge in [-0.2, -0.15) is 13.2 Å². The minimum Gasteiger partial charge on any atom is -0.345 e. The summed E-state index contributed by atoms with van der Waals surface area (Å²) >= 11 is 0.